The Morgan fingerprint density at radius 3 is 2.70 bits per heavy atom. The van der Waals surface area contributed by atoms with Crippen LogP contribution in [-0.4, -0.2) is 36.8 Å². The number of carbonyl (C=O) groups excluding carboxylic acids is 1. The van der Waals surface area contributed by atoms with Crippen molar-refractivity contribution in [2.75, 3.05) is 19.6 Å². The molecule has 4 nitrogen and oxygen atoms in total. The van der Waals surface area contributed by atoms with Crippen LogP contribution in [0.5, 0.6) is 5.75 Å². The molecule has 1 fully saturated rings. The Morgan fingerprint density at radius 2 is 2.03 bits per heavy atom. The number of nitrogens with zero attached hydrogens (tertiary/aromatic N) is 1. The van der Waals surface area contributed by atoms with Crippen molar-refractivity contribution in [2.24, 2.45) is 5.92 Å². The maximum absolute atomic E-state index is 12.9. The highest BCUT2D eigenvalue weighted by Crippen LogP contribution is 2.29. The monoisotopic (exact) mass is 460 g/mol. The Labute approximate surface area is 193 Å². The third-order valence-electron chi connectivity index (χ3n) is 5.79. The number of allylic oxidation sites excluding steroid dienone is 5. The van der Waals surface area contributed by atoms with Crippen LogP contribution in [0.25, 0.3) is 0 Å². The first-order valence-electron chi connectivity index (χ1n) is 11.4. The molecule has 7 heteroatoms. The summed E-state index contributed by atoms with van der Waals surface area (Å²) in [6.07, 6.45) is 8.91. The van der Waals surface area contributed by atoms with Gasteiger partial charge >= 0.3 is 6.36 Å². The van der Waals surface area contributed by atoms with Crippen molar-refractivity contribution in [1.29, 1.82) is 0 Å². The fourth-order valence-corrected chi connectivity index (χ4v) is 4.23. The van der Waals surface area contributed by atoms with Gasteiger partial charge in [0.05, 0.1) is 0 Å². The van der Waals surface area contributed by atoms with Crippen molar-refractivity contribution in [3.8, 4) is 5.75 Å². The summed E-state index contributed by atoms with van der Waals surface area (Å²) in [6.45, 7) is 6.74. The van der Waals surface area contributed by atoms with Gasteiger partial charge in [0.1, 0.15) is 5.75 Å². The molecule has 1 amide bonds. The number of likely N-dealkylation sites (tertiary alicyclic amines) is 1. The summed E-state index contributed by atoms with van der Waals surface area (Å²) in [5.74, 6) is -0.339. The van der Waals surface area contributed by atoms with Gasteiger partial charge in [-0.2, -0.15) is 0 Å². The molecule has 1 N–H and O–H groups in total. The van der Waals surface area contributed by atoms with E-state index in [-0.39, 0.29) is 17.6 Å². The fraction of sp³-hybridized carbons (Fsp3) is 0.423. The first-order valence-corrected chi connectivity index (χ1v) is 11.4. The van der Waals surface area contributed by atoms with Gasteiger partial charge in [-0.15, -0.1) is 13.2 Å². The lowest BCUT2D eigenvalue weighted by atomic mass is 9.96. The summed E-state index contributed by atoms with van der Waals surface area (Å²) < 4.78 is 41.0. The van der Waals surface area contributed by atoms with Crippen molar-refractivity contribution < 1.29 is 22.7 Å². The highest BCUT2D eigenvalue weighted by Gasteiger charge is 2.33. The number of nitrogens with one attached hydrogen (secondary N) is 1. The molecule has 1 unspecified atom stereocenters. The Bertz CT molecular complexity index is 943. The van der Waals surface area contributed by atoms with Crippen LogP contribution >= 0.6 is 0 Å². The number of rotatable bonds is 7. The Kier molecular flexibility index (Phi) is 8.55. The molecule has 0 spiro atoms. The summed E-state index contributed by atoms with van der Waals surface area (Å²) in [6, 6.07) is 5.66. The molecular formula is C26H31F3N2O2. The van der Waals surface area contributed by atoms with Crippen molar-refractivity contribution in [3.63, 3.8) is 0 Å². The van der Waals surface area contributed by atoms with Gasteiger partial charge < -0.3 is 15.0 Å². The first-order chi connectivity index (χ1) is 15.8. The van der Waals surface area contributed by atoms with Crippen LogP contribution in [0.1, 0.15) is 38.7 Å². The zero-order chi connectivity index (χ0) is 23.8. The smallest absolute Gasteiger partial charge is 0.406 e. The number of amides is 1. The van der Waals surface area contributed by atoms with Crippen LogP contribution in [0.3, 0.4) is 0 Å². The lowest BCUT2D eigenvalue weighted by Crippen LogP contribution is -2.24. The van der Waals surface area contributed by atoms with Gasteiger partial charge in [-0.1, -0.05) is 49.4 Å². The molecule has 0 aromatic heterocycles. The predicted octanol–water partition coefficient (Wildman–Crippen LogP) is 5.69. The number of hydrogen-bond acceptors (Lipinski definition) is 3. The van der Waals surface area contributed by atoms with E-state index in [4.69, 9.17) is 0 Å². The van der Waals surface area contributed by atoms with Gasteiger partial charge in [-0.25, -0.2) is 0 Å². The summed E-state index contributed by atoms with van der Waals surface area (Å²) >= 11 is 0. The van der Waals surface area contributed by atoms with E-state index in [9.17, 15) is 18.0 Å². The van der Waals surface area contributed by atoms with E-state index in [0.29, 0.717) is 13.1 Å². The Balaban J connectivity index is 1.70. The second kappa shape index (κ2) is 11.4. The van der Waals surface area contributed by atoms with Gasteiger partial charge in [0.2, 0.25) is 5.91 Å². The standard InChI is InChI=1S/C26H31F3N2O2/c1-3-6-20(21-7-5-15-30-16-14-21)10-11-22-18-31(25(32)24(22)4-2)17-19-8-12-23(13-9-19)33-26(27,28)29/h4,6,8-14,22,30H,3,5,7,15-18H2,1-2H3/b11-10?,20-6+,24-4-. The van der Waals surface area contributed by atoms with Gasteiger partial charge in [0, 0.05) is 31.1 Å². The van der Waals surface area contributed by atoms with Crippen LogP contribution in [-0.2, 0) is 11.3 Å². The van der Waals surface area contributed by atoms with Gasteiger partial charge in [0.25, 0.3) is 0 Å². The van der Waals surface area contributed by atoms with Crippen LogP contribution in [0.4, 0.5) is 13.2 Å². The minimum atomic E-state index is -4.72. The van der Waals surface area contributed by atoms with E-state index < -0.39 is 6.36 Å². The van der Waals surface area contributed by atoms with Crippen molar-refractivity contribution >= 4 is 5.91 Å². The van der Waals surface area contributed by atoms with E-state index in [2.05, 4.69) is 41.3 Å². The number of benzene rings is 1. The quantitative estimate of drug-likeness (QED) is 0.420. The van der Waals surface area contributed by atoms with Crippen LogP contribution < -0.4 is 10.1 Å². The van der Waals surface area contributed by atoms with Crippen molar-refractivity contribution in [1.82, 2.24) is 10.2 Å². The molecule has 1 aromatic carbocycles. The summed E-state index contributed by atoms with van der Waals surface area (Å²) in [5, 5.41) is 3.39. The Morgan fingerprint density at radius 1 is 1.27 bits per heavy atom. The van der Waals surface area contributed by atoms with E-state index in [0.717, 1.165) is 43.5 Å². The molecule has 1 atom stereocenters. The topological polar surface area (TPSA) is 41.6 Å². The van der Waals surface area contributed by atoms with E-state index in [1.165, 1.54) is 23.3 Å². The van der Waals surface area contributed by atoms with Gasteiger partial charge in [-0.05, 0) is 61.6 Å². The molecule has 0 radical (unpaired) electrons. The van der Waals surface area contributed by atoms with E-state index >= 15 is 0 Å². The molecular weight excluding hydrogens is 429 g/mol. The van der Waals surface area contributed by atoms with Crippen LogP contribution in [0.2, 0.25) is 0 Å². The second-order valence-electron chi connectivity index (χ2n) is 8.19. The van der Waals surface area contributed by atoms with Gasteiger partial charge in [-0.3, -0.25) is 4.79 Å². The van der Waals surface area contributed by atoms with E-state index in [1.807, 2.05) is 13.0 Å². The highest BCUT2D eigenvalue weighted by molar-refractivity contribution is 5.96. The molecule has 1 aromatic rings. The van der Waals surface area contributed by atoms with Crippen LogP contribution in [0.15, 0.2) is 71.4 Å². The fourth-order valence-electron chi connectivity index (χ4n) is 4.23. The zero-order valence-corrected chi connectivity index (χ0v) is 19.1. The lowest BCUT2D eigenvalue weighted by Gasteiger charge is -2.16. The molecule has 2 aliphatic heterocycles. The molecule has 0 aliphatic carbocycles. The first kappa shape index (κ1) is 24.8. The third kappa shape index (κ3) is 7.09. The summed E-state index contributed by atoms with van der Waals surface area (Å²) in [4.78, 5) is 14.7. The number of hydrogen-bond donors (Lipinski definition) is 1. The minimum absolute atomic E-state index is 0.0277. The molecule has 2 heterocycles. The maximum Gasteiger partial charge on any atom is 0.573 e. The molecule has 33 heavy (non-hydrogen) atoms. The Hall–Kier alpha value is -2.80. The number of alkyl halides is 3. The zero-order valence-electron chi connectivity index (χ0n) is 19.1. The maximum atomic E-state index is 12.9. The molecule has 2 aliphatic rings. The highest BCUT2D eigenvalue weighted by atomic mass is 19.4. The summed E-state index contributed by atoms with van der Waals surface area (Å²) in [5.41, 5.74) is 4.04. The largest absolute Gasteiger partial charge is 0.573 e. The third-order valence-corrected chi connectivity index (χ3v) is 5.79. The summed E-state index contributed by atoms with van der Waals surface area (Å²) in [7, 11) is 0. The second-order valence-corrected chi connectivity index (χ2v) is 8.19. The molecule has 0 saturated carbocycles. The minimum Gasteiger partial charge on any atom is -0.406 e. The van der Waals surface area contributed by atoms with Crippen LogP contribution in [0, 0.1) is 5.92 Å². The SMILES string of the molecule is C/C=C1\C(=O)N(Cc2ccc(OC(F)(F)F)cc2)CC1C=C/C(=C\CC)C1=CCNCCC1. The molecule has 178 valence electrons. The average molecular weight is 461 g/mol. The predicted molar refractivity (Wildman–Crippen MR) is 123 cm³/mol. The van der Waals surface area contributed by atoms with Gasteiger partial charge in [0.15, 0.2) is 0 Å². The normalized spacial score (nSPS) is 21.6. The number of halogens is 3. The van der Waals surface area contributed by atoms with Crippen molar-refractivity contribution in [2.45, 2.75) is 46.0 Å². The van der Waals surface area contributed by atoms with E-state index in [1.54, 1.807) is 17.0 Å². The molecule has 0 bridgehead atoms. The number of carbonyl (C=O) groups is 1. The average Bonchev–Trinajstić information content (AvgIpc) is 2.93. The number of ether oxygens (including phenoxy) is 1. The molecule has 3 rings (SSSR count). The van der Waals surface area contributed by atoms with Crippen molar-refractivity contribution in [3.05, 3.63) is 76.9 Å². The lowest BCUT2D eigenvalue weighted by molar-refractivity contribution is -0.274. The molecule has 1 saturated heterocycles.